The molecule has 0 radical (unpaired) electrons. The maximum atomic E-state index is 5.02. The number of ether oxygens (including phenoxy) is 2. The predicted molar refractivity (Wildman–Crippen MR) is 74.0 cm³/mol. The quantitative estimate of drug-likeness (QED) is 0.815. The summed E-state index contributed by atoms with van der Waals surface area (Å²) >= 11 is 0. The van der Waals surface area contributed by atoms with Gasteiger partial charge in [0.05, 0.1) is 14.2 Å². The molecule has 1 rings (SSSR count). The normalized spacial score (nSPS) is 11.3. The Kier molecular flexibility index (Phi) is 5.29. The van der Waals surface area contributed by atoms with Crippen molar-refractivity contribution in [3.63, 3.8) is 0 Å². The minimum absolute atomic E-state index is 0.0926. The van der Waals surface area contributed by atoms with E-state index in [-0.39, 0.29) is 17.6 Å². The van der Waals surface area contributed by atoms with Gasteiger partial charge in [-0.2, -0.15) is 9.97 Å². The SMILES string of the molecule is COc1nc(OC)nc(N(C)CCNC(C)(C)C)n1. The molecule has 1 aromatic heterocycles. The third-order valence-electron chi connectivity index (χ3n) is 2.39. The van der Waals surface area contributed by atoms with Gasteiger partial charge in [0.1, 0.15) is 0 Å². The summed E-state index contributed by atoms with van der Waals surface area (Å²) in [5, 5.41) is 3.40. The second-order valence-corrected chi connectivity index (χ2v) is 5.21. The molecule has 0 saturated heterocycles. The molecule has 0 amide bonds. The number of aromatic nitrogens is 3. The zero-order valence-electron chi connectivity index (χ0n) is 12.5. The highest BCUT2D eigenvalue weighted by Gasteiger charge is 2.12. The monoisotopic (exact) mass is 269 g/mol. The van der Waals surface area contributed by atoms with E-state index in [1.807, 2.05) is 11.9 Å². The number of anilines is 1. The van der Waals surface area contributed by atoms with Gasteiger partial charge in [-0.05, 0) is 20.8 Å². The molecular formula is C12H23N5O2. The first-order valence-corrected chi connectivity index (χ1v) is 6.16. The molecule has 0 bridgehead atoms. The van der Waals surface area contributed by atoms with Crippen LogP contribution >= 0.6 is 0 Å². The number of nitrogens with one attached hydrogen (secondary N) is 1. The molecule has 0 unspecified atom stereocenters. The van der Waals surface area contributed by atoms with Crippen molar-refractivity contribution in [1.82, 2.24) is 20.3 Å². The van der Waals surface area contributed by atoms with Crippen LogP contribution in [0.25, 0.3) is 0 Å². The van der Waals surface area contributed by atoms with Gasteiger partial charge in [-0.1, -0.05) is 0 Å². The van der Waals surface area contributed by atoms with Crippen molar-refractivity contribution in [2.45, 2.75) is 26.3 Å². The van der Waals surface area contributed by atoms with Crippen LogP contribution in [-0.4, -0.2) is 54.8 Å². The van der Waals surface area contributed by atoms with E-state index in [9.17, 15) is 0 Å². The predicted octanol–water partition coefficient (Wildman–Crippen LogP) is 0.713. The summed E-state index contributed by atoms with van der Waals surface area (Å²) < 4.78 is 10.0. The fourth-order valence-electron chi connectivity index (χ4n) is 1.38. The Balaban J connectivity index is 2.68. The number of hydrogen-bond donors (Lipinski definition) is 1. The smallest absolute Gasteiger partial charge is 0.324 e. The van der Waals surface area contributed by atoms with E-state index < -0.39 is 0 Å². The van der Waals surface area contributed by atoms with E-state index in [1.165, 1.54) is 14.2 Å². The van der Waals surface area contributed by atoms with E-state index in [1.54, 1.807) is 0 Å². The van der Waals surface area contributed by atoms with Crippen LogP contribution in [0.15, 0.2) is 0 Å². The molecule has 108 valence electrons. The van der Waals surface area contributed by atoms with E-state index >= 15 is 0 Å². The summed E-state index contributed by atoms with van der Waals surface area (Å²) in [6, 6.07) is 0.495. The summed E-state index contributed by atoms with van der Waals surface area (Å²) in [5.41, 5.74) is 0.0926. The van der Waals surface area contributed by atoms with Gasteiger partial charge in [-0.3, -0.25) is 0 Å². The first-order chi connectivity index (χ1) is 8.85. The molecule has 0 atom stereocenters. The van der Waals surface area contributed by atoms with Crippen LogP contribution in [0.1, 0.15) is 20.8 Å². The number of hydrogen-bond acceptors (Lipinski definition) is 7. The number of likely N-dealkylation sites (N-methyl/N-ethyl adjacent to an activating group) is 1. The molecule has 0 aliphatic carbocycles. The first kappa shape index (κ1) is 15.4. The molecule has 0 aliphatic heterocycles. The van der Waals surface area contributed by atoms with E-state index in [4.69, 9.17) is 9.47 Å². The highest BCUT2D eigenvalue weighted by molar-refractivity contribution is 5.30. The molecule has 19 heavy (non-hydrogen) atoms. The Morgan fingerprint density at radius 3 is 2.00 bits per heavy atom. The van der Waals surface area contributed by atoms with Gasteiger partial charge >= 0.3 is 12.0 Å². The van der Waals surface area contributed by atoms with Crippen LogP contribution in [0, 0.1) is 0 Å². The Labute approximate surface area is 114 Å². The largest absolute Gasteiger partial charge is 0.467 e. The molecule has 0 aliphatic rings. The van der Waals surface area contributed by atoms with Crippen LogP contribution in [0.4, 0.5) is 5.95 Å². The summed E-state index contributed by atoms with van der Waals surface area (Å²) in [4.78, 5) is 14.3. The Morgan fingerprint density at radius 2 is 1.58 bits per heavy atom. The average molecular weight is 269 g/mol. The second-order valence-electron chi connectivity index (χ2n) is 5.21. The fourth-order valence-corrected chi connectivity index (χ4v) is 1.38. The Bertz CT molecular complexity index is 383. The van der Waals surface area contributed by atoms with Gasteiger partial charge in [0.15, 0.2) is 0 Å². The van der Waals surface area contributed by atoms with Gasteiger partial charge in [0.2, 0.25) is 5.95 Å². The summed E-state index contributed by atoms with van der Waals surface area (Å²) in [5.74, 6) is 0.527. The van der Waals surface area contributed by atoms with Gasteiger partial charge in [-0.25, -0.2) is 0 Å². The summed E-state index contributed by atoms with van der Waals surface area (Å²) in [6.07, 6.45) is 0. The minimum Gasteiger partial charge on any atom is -0.467 e. The molecule has 1 aromatic rings. The number of rotatable bonds is 6. The zero-order chi connectivity index (χ0) is 14.5. The van der Waals surface area contributed by atoms with Crippen molar-refractivity contribution in [3.05, 3.63) is 0 Å². The molecular weight excluding hydrogens is 246 g/mol. The molecule has 0 spiro atoms. The molecule has 1 N–H and O–H groups in total. The van der Waals surface area contributed by atoms with Crippen molar-refractivity contribution >= 4 is 5.95 Å². The lowest BCUT2D eigenvalue weighted by Crippen LogP contribution is -2.40. The van der Waals surface area contributed by atoms with Crippen LogP contribution in [0.3, 0.4) is 0 Å². The summed E-state index contributed by atoms with van der Waals surface area (Å²) in [7, 11) is 4.94. The third kappa shape index (κ3) is 5.25. The molecule has 0 aromatic carbocycles. The zero-order valence-corrected chi connectivity index (χ0v) is 12.5. The van der Waals surface area contributed by atoms with Gasteiger partial charge in [-0.15, -0.1) is 4.98 Å². The maximum Gasteiger partial charge on any atom is 0.324 e. The van der Waals surface area contributed by atoms with E-state index in [0.29, 0.717) is 5.95 Å². The van der Waals surface area contributed by atoms with Gasteiger partial charge in [0.25, 0.3) is 0 Å². The third-order valence-corrected chi connectivity index (χ3v) is 2.39. The lowest BCUT2D eigenvalue weighted by molar-refractivity contribution is 0.340. The number of methoxy groups -OCH3 is 2. The molecule has 7 nitrogen and oxygen atoms in total. The van der Waals surface area contributed by atoms with Crippen molar-refractivity contribution in [2.75, 3.05) is 39.3 Å². The standard InChI is InChI=1S/C12H23N5O2/c1-12(2,3)13-7-8-17(4)9-14-10(18-5)16-11(15-9)19-6/h13H,7-8H2,1-6H3. The highest BCUT2D eigenvalue weighted by Crippen LogP contribution is 2.14. The van der Waals surface area contributed by atoms with Crippen molar-refractivity contribution < 1.29 is 9.47 Å². The summed E-state index contributed by atoms with van der Waals surface area (Å²) in [6.45, 7) is 7.98. The second kappa shape index (κ2) is 6.51. The Morgan fingerprint density at radius 1 is 1.05 bits per heavy atom. The van der Waals surface area contributed by atoms with Crippen LogP contribution in [0.5, 0.6) is 12.0 Å². The van der Waals surface area contributed by atoms with E-state index in [0.717, 1.165) is 13.1 Å². The van der Waals surface area contributed by atoms with Crippen LogP contribution in [0.2, 0.25) is 0 Å². The number of nitrogens with zero attached hydrogens (tertiary/aromatic N) is 4. The Hall–Kier alpha value is -1.63. The van der Waals surface area contributed by atoms with Gasteiger partial charge < -0.3 is 19.7 Å². The molecule has 0 fully saturated rings. The van der Waals surface area contributed by atoms with Crippen molar-refractivity contribution in [3.8, 4) is 12.0 Å². The van der Waals surface area contributed by atoms with Crippen LogP contribution in [-0.2, 0) is 0 Å². The van der Waals surface area contributed by atoms with Crippen LogP contribution < -0.4 is 19.7 Å². The van der Waals surface area contributed by atoms with Gasteiger partial charge in [0, 0.05) is 25.7 Å². The van der Waals surface area contributed by atoms with E-state index in [2.05, 4.69) is 41.0 Å². The highest BCUT2D eigenvalue weighted by atomic mass is 16.5. The lowest BCUT2D eigenvalue weighted by Gasteiger charge is -2.23. The van der Waals surface area contributed by atoms with Crippen molar-refractivity contribution in [1.29, 1.82) is 0 Å². The van der Waals surface area contributed by atoms with Crippen molar-refractivity contribution in [2.24, 2.45) is 0 Å². The molecule has 1 heterocycles. The maximum absolute atomic E-state index is 5.02. The first-order valence-electron chi connectivity index (χ1n) is 6.16. The fraction of sp³-hybridized carbons (Fsp3) is 0.750. The topological polar surface area (TPSA) is 72.4 Å². The molecule has 0 saturated carbocycles. The average Bonchev–Trinajstić information content (AvgIpc) is 2.36. The lowest BCUT2D eigenvalue weighted by atomic mass is 10.1. The minimum atomic E-state index is 0.0926. The molecule has 7 heteroatoms.